The van der Waals surface area contributed by atoms with Gasteiger partial charge in [0.05, 0.1) is 33.1 Å². The highest BCUT2D eigenvalue weighted by Gasteiger charge is 2.27. The van der Waals surface area contributed by atoms with E-state index >= 15 is 0 Å². The maximum absolute atomic E-state index is 11.2. The molecular weight excluding hydrogens is 725 g/mol. The van der Waals surface area contributed by atoms with Crippen molar-refractivity contribution in [2.24, 2.45) is 0 Å². The van der Waals surface area contributed by atoms with E-state index in [0.717, 1.165) is 49.2 Å². The van der Waals surface area contributed by atoms with E-state index in [0.29, 0.717) is 45.5 Å². The third-order valence-electron chi connectivity index (χ3n) is 11.9. The Hall–Kier alpha value is -8.34. The lowest BCUT2D eigenvalue weighted by molar-refractivity contribution is 0.666. The van der Waals surface area contributed by atoms with Gasteiger partial charge in [0.2, 0.25) is 0 Å². The first kappa shape index (κ1) is 31.8. The second-order valence-corrected chi connectivity index (χ2v) is 15.1. The highest BCUT2D eigenvalue weighted by atomic mass is 16.3. The van der Waals surface area contributed by atoms with Crippen molar-refractivity contribution in [3.63, 3.8) is 0 Å². The lowest BCUT2D eigenvalue weighted by Gasteiger charge is -2.14. The zero-order chi connectivity index (χ0) is 38.8. The van der Waals surface area contributed by atoms with Gasteiger partial charge in [-0.3, -0.25) is 0 Å². The molecule has 7 nitrogen and oxygen atoms in total. The van der Waals surface area contributed by atoms with Crippen LogP contribution < -0.4 is 0 Å². The second-order valence-electron chi connectivity index (χ2n) is 15.1. The van der Waals surface area contributed by atoms with Crippen LogP contribution in [-0.2, 0) is 0 Å². The summed E-state index contributed by atoms with van der Waals surface area (Å²) in [4.78, 5) is 15.2. The summed E-state index contributed by atoms with van der Waals surface area (Å²) < 4.78 is 11.6. The number of hydrogen-bond acceptors (Lipinski definition) is 5. The van der Waals surface area contributed by atoms with Crippen molar-refractivity contribution in [1.82, 2.24) is 23.9 Å². The Bertz CT molecular complexity index is 3850. The summed E-state index contributed by atoms with van der Waals surface area (Å²) in [5.74, 6) is 1.54. The fourth-order valence-corrected chi connectivity index (χ4v) is 9.43. The molecule has 0 atom stereocenters. The van der Waals surface area contributed by atoms with E-state index in [1.165, 1.54) is 32.6 Å². The monoisotopic (exact) mass is 752 g/mol. The minimum Gasteiger partial charge on any atom is -0.454 e. The largest absolute Gasteiger partial charge is 0.454 e. The average molecular weight is 753 g/mol. The summed E-state index contributed by atoms with van der Waals surface area (Å²) in [6.45, 7) is 0. The molecule has 272 valence electrons. The second kappa shape index (κ2) is 11.8. The fourth-order valence-electron chi connectivity index (χ4n) is 9.43. The zero-order valence-corrected chi connectivity index (χ0v) is 31.3. The van der Waals surface area contributed by atoms with Gasteiger partial charge in [-0.1, -0.05) is 133 Å². The van der Waals surface area contributed by atoms with Gasteiger partial charge in [-0.2, -0.15) is 5.26 Å². The van der Waals surface area contributed by atoms with Crippen LogP contribution in [0.15, 0.2) is 174 Å². The van der Waals surface area contributed by atoms with Gasteiger partial charge in [-0.15, -0.1) is 0 Å². The molecule has 5 heterocycles. The molecule has 0 saturated heterocycles. The van der Waals surface area contributed by atoms with Crippen LogP contribution >= 0.6 is 0 Å². The van der Waals surface area contributed by atoms with Gasteiger partial charge in [-0.25, -0.2) is 15.0 Å². The van der Waals surface area contributed by atoms with Gasteiger partial charge in [0.25, 0.3) is 0 Å². The minimum absolute atomic E-state index is 0.440. The zero-order valence-electron chi connectivity index (χ0n) is 31.3. The Morgan fingerprint density at radius 2 is 1.02 bits per heavy atom. The fraction of sp³-hybridized carbons (Fsp3) is 0. The SMILES string of the molecule is N#Cc1cc(-c2nc(-c3ccccc3)nc(-c3ccccc3)n2)c2c(oc3ccccc32)c1-n1c2ccccc2c2cc3c4cccc5c6ccccc6n(c3cc21)c54. The van der Waals surface area contributed by atoms with Crippen LogP contribution in [0.2, 0.25) is 0 Å². The molecule has 0 unspecified atom stereocenters. The molecule has 0 bridgehead atoms. The molecule has 0 radical (unpaired) electrons. The number of rotatable bonds is 4. The molecule has 13 rings (SSSR count). The van der Waals surface area contributed by atoms with Crippen LogP contribution in [-0.4, -0.2) is 23.9 Å². The number of aromatic nitrogens is 5. The maximum atomic E-state index is 11.2. The summed E-state index contributed by atoms with van der Waals surface area (Å²) in [7, 11) is 0. The first-order chi connectivity index (χ1) is 29.2. The molecule has 8 aromatic carbocycles. The van der Waals surface area contributed by atoms with Crippen LogP contribution in [0.1, 0.15) is 5.56 Å². The number of furan rings is 1. The third-order valence-corrected chi connectivity index (χ3v) is 11.9. The van der Waals surface area contributed by atoms with Crippen LogP contribution in [0.4, 0.5) is 0 Å². The Morgan fingerprint density at radius 3 is 1.73 bits per heavy atom. The van der Waals surface area contributed by atoms with E-state index in [9.17, 15) is 5.26 Å². The summed E-state index contributed by atoms with van der Waals surface area (Å²) in [6.07, 6.45) is 0. The number of fused-ring (bicyclic) bond motifs is 12. The Balaban J connectivity index is 1.17. The molecule has 0 aliphatic heterocycles. The Morgan fingerprint density at radius 1 is 0.458 bits per heavy atom. The van der Waals surface area contributed by atoms with Gasteiger partial charge in [0.15, 0.2) is 23.1 Å². The Kier molecular flexibility index (Phi) is 6.38. The molecule has 0 saturated carbocycles. The predicted molar refractivity (Wildman–Crippen MR) is 237 cm³/mol. The quantitative estimate of drug-likeness (QED) is 0.179. The third kappa shape index (κ3) is 4.37. The van der Waals surface area contributed by atoms with E-state index < -0.39 is 0 Å². The Labute approximate surface area is 335 Å². The summed E-state index contributed by atoms with van der Waals surface area (Å²) in [5.41, 5.74) is 10.3. The number of benzene rings is 8. The van der Waals surface area contributed by atoms with E-state index in [1.54, 1.807) is 0 Å². The van der Waals surface area contributed by atoms with Gasteiger partial charge in [0, 0.05) is 59.8 Å². The maximum Gasteiger partial charge on any atom is 0.164 e. The topological polar surface area (TPSA) is 84.9 Å². The molecule has 0 amide bonds. The standard InChI is InChI=1S/C52H28N6O/c53-29-32-26-40(52-55-50(30-14-3-1-4-15-30)54-51(56-52)31-16-5-2-6-17-31)46-37-20-9-12-25-45(37)59-49(46)47(32)57-42-24-11-8-19-34(42)38-27-39-36-22-13-21-35-33-18-7-10-23-41(33)58(48(35)36)44(39)28-43(38)57/h1-28H. The van der Waals surface area contributed by atoms with Gasteiger partial charge < -0.3 is 13.4 Å². The molecule has 5 aromatic heterocycles. The predicted octanol–water partition coefficient (Wildman–Crippen LogP) is 12.9. The number of nitriles is 1. The summed E-state index contributed by atoms with van der Waals surface area (Å²) in [6, 6.07) is 60.7. The molecule has 13 aromatic rings. The molecule has 0 aliphatic carbocycles. The lowest BCUT2D eigenvalue weighted by atomic mass is 10.00. The minimum atomic E-state index is 0.440. The lowest BCUT2D eigenvalue weighted by Crippen LogP contribution is -2.03. The van der Waals surface area contributed by atoms with Crippen LogP contribution in [0, 0.1) is 11.3 Å². The van der Waals surface area contributed by atoms with Crippen LogP contribution in [0.3, 0.4) is 0 Å². The molecule has 0 spiro atoms. The van der Waals surface area contributed by atoms with E-state index in [1.807, 2.05) is 84.9 Å². The van der Waals surface area contributed by atoms with Crippen LogP contribution in [0.5, 0.6) is 0 Å². The highest BCUT2D eigenvalue weighted by Crippen LogP contribution is 2.46. The van der Waals surface area contributed by atoms with Crippen molar-refractivity contribution in [3.05, 3.63) is 175 Å². The van der Waals surface area contributed by atoms with Crippen molar-refractivity contribution < 1.29 is 4.42 Å². The van der Waals surface area contributed by atoms with Crippen molar-refractivity contribution in [1.29, 1.82) is 5.26 Å². The molecule has 59 heavy (non-hydrogen) atoms. The van der Waals surface area contributed by atoms with Crippen molar-refractivity contribution >= 4 is 81.8 Å². The molecule has 0 N–H and O–H groups in total. The number of nitrogens with zero attached hydrogens (tertiary/aromatic N) is 6. The smallest absolute Gasteiger partial charge is 0.164 e. The summed E-state index contributed by atoms with van der Waals surface area (Å²) in [5, 5.41) is 20.0. The normalized spacial score (nSPS) is 12.1. The van der Waals surface area contributed by atoms with Crippen molar-refractivity contribution in [2.75, 3.05) is 0 Å². The van der Waals surface area contributed by atoms with Crippen molar-refractivity contribution in [2.45, 2.75) is 0 Å². The van der Waals surface area contributed by atoms with Crippen molar-refractivity contribution in [3.8, 4) is 45.9 Å². The van der Waals surface area contributed by atoms with Crippen LogP contribution in [0.25, 0.3) is 122 Å². The van der Waals surface area contributed by atoms with E-state index in [-0.39, 0.29) is 0 Å². The average Bonchev–Trinajstić information content (AvgIpc) is 4.04. The highest BCUT2D eigenvalue weighted by molar-refractivity contribution is 6.26. The summed E-state index contributed by atoms with van der Waals surface area (Å²) >= 11 is 0. The van der Waals surface area contributed by atoms with Gasteiger partial charge in [-0.05, 0) is 36.4 Å². The molecular formula is C52H28N6O. The van der Waals surface area contributed by atoms with Gasteiger partial charge in [0.1, 0.15) is 17.3 Å². The van der Waals surface area contributed by atoms with E-state index in [4.69, 9.17) is 19.4 Å². The molecule has 7 heteroatoms. The van der Waals surface area contributed by atoms with E-state index in [2.05, 4.69) is 100.0 Å². The number of para-hydroxylation sites is 4. The molecule has 0 fully saturated rings. The number of hydrogen-bond donors (Lipinski definition) is 0. The first-order valence-electron chi connectivity index (χ1n) is 19.6. The first-order valence-corrected chi connectivity index (χ1v) is 19.6. The molecule has 0 aliphatic rings. The van der Waals surface area contributed by atoms with Gasteiger partial charge >= 0.3 is 0 Å².